The number of nitrogens with zero attached hydrogens (tertiary/aromatic N) is 1. The van der Waals surface area contributed by atoms with Crippen LogP contribution in [0.2, 0.25) is 0 Å². The van der Waals surface area contributed by atoms with E-state index in [4.69, 9.17) is 5.73 Å². The summed E-state index contributed by atoms with van der Waals surface area (Å²) in [5.41, 5.74) is 5.92. The Morgan fingerprint density at radius 2 is 1.62 bits per heavy atom. The fraction of sp³-hybridized carbons (Fsp3) is 1.00. The van der Waals surface area contributed by atoms with Crippen LogP contribution in [0.1, 0.15) is 58.3 Å². The molecule has 2 atom stereocenters. The van der Waals surface area contributed by atoms with Gasteiger partial charge in [-0.1, -0.05) is 19.8 Å². The minimum Gasteiger partial charge on any atom is -0.330 e. The molecular formula is C16H29F3N2. The number of rotatable bonds is 4. The third kappa shape index (κ3) is 4.13. The van der Waals surface area contributed by atoms with Gasteiger partial charge in [-0.15, -0.1) is 0 Å². The van der Waals surface area contributed by atoms with Crippen LogP contribution in [0.3, 0.4) is 0 Å². The molecule has 5 heteroatoms. The Labute approximate surface area is 126 Å². The first-order valence-corrected chi connectivity index (χ1v) is 8.49. The van der Waals surface area contributed by atoms with Crippen molar-refractivity contribution in [2.75, 3.05) is 13.1 Å². The lowest BCUT2D eigenvalue weighted by molar-refractivity contribution is -0.185. The van der Waals surface area contributed by atoms with Crippen molar-refractivity contribution in [2.24, 2.45) is 17.6 Å². The Bertz CT molecular complexity index is 311. The smallest absolute Gasteiger partial charge is 0.330 e. The Morgan fingerprint density at radius 3 is 2.14 bits per heavy atom. The maximum Gasteiger partial charge on any atom is 0.391 e. The van der Waals surface area contributed by atoms with Crippen molar-refractivity contribution in [3.63, 3.8) is 0 Å². The average Bonchev–Trinajstić information content (AvgIpc) is 2.48. The van der Waals surface area contributed by atoms with Gasteiger partial charge in [-0.05, 0) is 57.5 Å². The fourth-order valence-corrected chi connectivity index (χ4v) is 4.40. The van der Waals surface area contributed by atoms with Gasteiger partial charge in [0.2, 0.25) is 0 Å². The lowest BCUT2D eigenvalue weighted by Gasteiger charge is -2.45. The molecule has 0 saturated heterocycles. The average molecular weight is 306 g/mol. The highest BCUT2D eigenvalue weighted by atomic mass is 19.4. The zero-order valence-electron chi connectivity index (χ0n) is 13.0. The van der Waals surface area contributed by atoms with Gasteiger partial charge in [0.05, 0.1) is 5.92 Å². The van der Waals surface area contributed by atoms with E-state index in [-0.39, 0.29) is 0 Å². The standard InChI is InChI=1S/C16H29F3N2/c1-2-21(15-6-4-3-5-12(15)11-20)14-9-7-13(8-10-14)16(17,18)19/h12-15H,2-11,20H2,1H3. The molecule has 0 bridgehead atoms. The van der Waals surface area contributed by atoms with Crippen LogP contribution in [0.15, 0.2) is 0 Å². The predicted octanol–water partition coefficient (Wildman–Crippen LogP) is 3.95. The van der Waals surface area contributed by atoms with Gasteiger partial charge in [0, 0.05) is 12.1 Å². The number of nitrogens with two attached hydrogens (primary N) is 1. The van der Waals surface area contributed by atoms with E-state index in [0.717, 1.165) is 13.0 Å². The van der Waals surface area contributed by atoms with Crippen LogP contribution in [0, 0.1) is 11.8 Å². The Morgan fingerprint density at radius 1 is 1.00 bits per heavy atom. The topological polar surface area (TPSA) is 29.3 Å². The van der Waals surface area contributed by atoms with Gasteiger partial charge in [-0.3, -0.25) is 4.90 Å². The molecule has 2 aliphatic carbocycles. The molecule has 0 aromatic heterocycles. The molecule has 0 aromatic carbocycles. The zero-order valence-corrected chi connectivity index (χ0v) is 13.0. The summed E-state index contributed by atoms with van der Waals surface area (Å²) in [6.45, 7) is 3.78. The SMILES string of the molecule is CCN(C1CCC(C(F)(F)F)CC1)C1CCCCC1CN. The number of hydrogen-bond donors (Lipinski definition) is 1. The molecule has 124 valence electrons. The first-order valence-electron chi connectivity index (χ1n) is 8.49. The van der Waals surface area contributed by atoms with Crippen LogP contribution in [0.4, 0.5) is 13.2 Å². The highest BCUT2D eigenvalue weighted by molar-refractivity contribution is 4.90. The summed E-state index contributed by atoms with van der Waals surface area (Å²) in [5.74, 6) is -0.553. The van der Waals surface area contributed by atoms with Crippen LogP contribution in [-0.4, -0.2) is 36.2 Å². The van der Waals surface area contributed by atoms with Crippen LogP contribution >= 0.6 is 0 Å². The quantitative estimate of drug-likeness (QED) is 0.852. The number of alkyl halides is 3. The van der Waals surface area contributed by atoms with Crippen molar-refractivity contribution in [2.45, 2.75) is 76.6 Å². The van der Waals surface area contributed by atoms with Crippen molar-refractivity contribution in [3.8, 4) is 0 Å². The first-order chi connectivity index (χ1) is 9.97. The summed E-state index contributed by atoms with van der Waals surface area (Å²) in [4.78, 5) is 2.48. The van der Waals surface area contributed by atoms with E-state index in [1.165, 1.54) is 19.3 Å². The maximum atomic E-state index is 12.8. The van der Waals surface area contributed by atoms with Crippen molar-refractivity contribution in [3.05, 3.63) is 0 Å². The molecule has 0 radical (unpaired) electrons. The van der Waals surface area contributed by atoms with Gasteiger partial charge in [-0.25, -0.2) is 0 Å². The molecule has 0 amide bonds. The summed E-state index contributed by atoms with van der Waals surface area (Å²) >= 11 is 0. The number of hydrogen-bond acceptors (Lipinski definition) is 2. The zero-order chi connectivity index (χ0) is 15.5. The third-order valence-electron chi connectivity index (χ3n) is 5.59. The maximum absolute atomic E-state index is 12.8. The normalized spacial score (nSPS) is 35.1. The molecule has 0 spiro atoms. The second-order valence-electron chi connectivity index (χ2n) is 6.73. The van der Waals surface area contributed by atoms with Gasteiger partial charge < -0.3 is 5.73 Å². The van der Waals surface area contributed by atoms with Gasteiger partial charge >= 0.3 is 6.18 Å². The van der Waals surface area contributed by atoms with Gasteiger partial charge in [0.1, 0.15) is 0 Å². The summed E-state index contributed by atoms with van der Waals surface area (Å²) in [6, 6.07) is 0.812. The Balaban J connectivity index is 1.96. The summed E-state index contributed by atoms with van der Waals surface area (Å²) < 4.78 is 38.4. The Kier molecular flexibility index (Phi) is 5.95. The van der Waals surface area contributed by atoms with Gasteiger partial charge in [-0.2, -0.15) is 13.2 Å². The molecule has 0 aliphatic heterocycles. The largest absolute Gasteiger partial charge is 0.391 e. The highest BCUT2D eigenvalue weighted by Crippen LogP contribution is 2.40. The van der Waals surface area contributed by atoms with Crippen LogP contribution in [0.5, 0.6) is 0 Å². The van der Waals surface area contributed by atoms with Gasteiger partial charge in [0.15, 0.2) is 0 Å². The molecule has 2 rings (SSSR count). The minimum atomic E-state index is -4.01. The minimum absolute atomic E-state index is 0.296. The highest BCUT2D eigenvalue weighted by Gasteiger charge is 2.43. The number of halogens is 3. The molecule has 2 unspecified atom stereocenters. The molecule has 2 saturated carbocycles. The third-order valence-corrected chi connectivity index (χ3v) is 5.59. The molecule has 0 heterocycles. The molecule has 0 aromatic rings. The summed E-state index contributed by atoms with van der Waals surface area (Å²) in [6.07, 6.45) is 2.77. The molecular weight excluding hydrogens is 277 g/mol. The molecule has 2 fully saturated rings. The molecule has 21 heavy (non-hydrogen) atoms. The van der Waals surface area contributed by atoms with E-state index >= 15 is 0 Å². The van der Waals surface area contributed by atoms with Crippen molar-refractivity contribution < 1.29 is 13.2 Å². The molecule has 2 nitrogen and oxygen atoms in total. The lowest BCUT2D eigenvalue weighted by atomic mass is 9.80. The van der Waals surface area contributed by atoms with Gasteiger partial charge in [0.25, 0.3) is 0 Å². The molecule has 2 aliphatic rings. The summed E-state index contributed by atoms with van der Waals surface area (Å²) in [7, 11) is 0. The fourth-order valence-electron chi connectivity index (χ4n) is 4.40. The monoisotopic (exact) mass is 306 g/mol. The van der Waals surface area contributed by atoms with E-state index in [1.54, 1.807) is 0 Å². The van der Waals surface area contributed by atoms with E-state index < -0.39 is 12.1 Å². The van der Waals surface area contributed by atoms with Crippen LogP contribution < -0.4 is 5.73 Å². The second kappa shape index (κ2) is 7.32. The lowest BCUT2D eigenvalue weighted by Crippen LogP contribution is -2.51. The van der Waals surface area contributed by atoms with E-state index in [1.807, 2.05) is 0 Å². The first kappa shape index (κ1) is 17.1. The summed E-state index contributed by atoms with van der Waals surface area (Å²) in [5, 5.41) is 0. The van der Waals surface area contributed by atoms with Crippen molar-refractivity contribution in [1.82, 2.24) is 4.90 Å². The Hall–Kier alpha value is -0.290. The van der Waals surface area contributed by atoms with Crippen molar-refractivity contribution in [1.29, 1.82) is 0 Å². The molecule has 2 N–H and O–H groups in total. The van der Waals surface area contributed by atoms with E-state index in [9.17, 15) is 13.2 Å². The van der Waals surface area contributed by atoms with Crippen LogP contribution in [-0.2, 0) is 0 Å². The van der Waals surface area contributed by atoms with E-state index in [2.05, 4.69) is 11.8 Å². The van der Waals surface area contributed by atoms with E-state index in [0.29, 0.717) is 50.2 Å². The predicted molar refractivity (Wildman–Crippen MR) is 79.0 cm³/mol. The van der Waals surface area contributed by atoms with Crippen molar-refractivity contribution >= 4 is 0 Å². The van der Waals surface area contributed by atoms with Crippen LogP contribution in [0.25, 0.3) is 0 Å². The second-order valence-corrected chi connectivity index (χ2v) is 6.73.